The number of ether oxygens (including phenoxy) is 2. The molecular formula is C14H11Cl3N2O3. The van der Waals surface area contributed by atoms with Gasteiger partial charge in [-0.1, -0.05) is 40.9 Å². The van der Waals surface area contributed by atoms with E-state index >= 15 is 0 Å². The largest absolute Gasteiger partial charge is 0.456 e. The molecule has 1 aromatic carbocycles. The number of nitrogens with zero attached hydrogens (tertiary/aromatic N) is 1. The lowest BCUT2D eigenvalue weighted by Gasteiger charge is -2.12. The van der Waals surface area contributed by atoms with E-state index in [2.05, 4.69) is 10.3 Å². The van der Waals surface area contributed by atoms with Crippen molar-refractivity contribution in [3.05, 3.63) is 48.8 Å². The van der Waals surface area contributed by atoms with E-state index in [1.807, 2.05) is 0 Å². The molecule has 0 radical (unpaired) electrons. The minimum atomic E-state index is -1.65. The lowest BCUT2D eigenvalue weighted by atomic mass is 10.3. The molecule has 8 heteroatoms. The molecule has 0 saturated carbocycles. The van der Waals surface area contributed by atoms with Crippen LogP contribution >= 0.6 is 34.8 Å². The van der Waals surface area contributed by atoms with Crippen LogP contribution < -0.4 is 10.1 Å². The fourth-order valence-electron chi connectivity index (χ4n) is 1.48. The standard InChI is InChI=1S/C14H11Cl3N2O3/c15-14(16,17)9-21-13(20)19-10-3-1-4-11(7-10)22-12-5-2-6-18-8-12/h1-8H,9H2,(H,19,20). The van der Waals surface area contributed by atoms with Crippen LogP contribution in [0.15, 0.2) is 48.8 Å². The molecule has 5 nitrogen and oxygen atoms in total. The van der Waals surface area contributed by atoms with Crippen LogP contribution in [-0.4, -0.2) is 21.5 Å². The van der Waals surface area contributed by atoms with Crippen molar-refractivity contribution in [3.63, 3.8) is 0 Å². The van der Waals surface area contributed by atoms with E-state index in [0.29, 0.717) is 17.2 Å². The number of pyridine rings is 1. The predicted molar refractivity (Wildman–Crippen MR) is 86.0 cm³/mol. The van der Waals surface area contributed by atoms with Gasteiger partial charge in [-0.05, 0) is 24.3 Å². The van der Waals surface area contributed by atoms with Crippen LogP contribution in [0.5, 0.6) is 11.5 Å². The van der Waals surface area contributed by atoms with Crippen molar-refractivity contribution in [1.29, 1.82) is 0 Å². The van der Waals surface area contributed by atoms with Gasteiger partial charge in [0.25, 0.3) is 0 Å². The van der Waals surface area contributed by atoms with Gasteiger partial charge in [-0.15, -0.1) is 0 Å². The van der Waals surface area contributed by atoms with Crippen LogP contribution in [0.25, 0.3) is 0 Å². The fourth-order valence-corrected chi connectivity index (χ4v) is 1.65. The number of carbonyl (C=O) groups excluding carboxylic acids is 1. The van der Waals surface area contributed by atoms with E-state index in [-0.39, 0.29) is 6.61 Å². The molecule has 0 atom stereocenters. The summed E-state index contributed by atoms with van der Waals surface area (Å²) in [5.74, 6) is 1.12. The number of hydrogen-bond acceptors (Lipinski definition) is 4. The Morgan fingerprint density at radius 2 is 1.95 bits per heavy atom. The lowest BCUT2D eigenvalue weighted by Crippen LogP contribution is -2.21. The zero-order valence-electron chi connectivity index (χ0n) is 11.1. The number of benzene rings is 1. The highest BCUT2D eigenvalue weighted by Gasteiger charge is 2.22. The number of nitrogens with one attached hydrogen (secondary N) is 1. The minimum Gasteiger partial charge on any atom is -0.456 e. The third kappa shape index (κ3) is 5.97. The maximum Gasteiger partial charge on any atom is 0.411 e. The van der Waals surface area contributed by atoms with Gasteiger partial charge < -0.3 is 9.47 Å². The van der Waals surface area contributed by atoms with Crippen molar-refractivity contribution >= 4 is 46.6 Å². The van der Waals surface area contributed by atoms with Gasteiger partial charge in [-0.2, -0.15) is 0 Å². The second-order valence-electron chi connectivity index (χ2n) is 4.13. The average Bonchev–Trinajstić information content (AvgIpc) is 2.46. The smallest absolute Gasteiger partial charge is 0.411 e. The highest BCUT2D eigenvalue weighted by molar-refractivity contribution is 6.67. The zero-order chi connectivity index (χ0) is 16.0. The maximum atomic E-state index is 11.6. The van der Waals surface area contributed by atoms with Crippen LogP contribution in [0.2, 0.25) is 0 Å². The molecule has 0 aliphatic heterocycles. The molecule has 2 rings (SSSR count). The molecule has 116 valence electrons. The molecule has 1 heterocycles. The highest BCUT2D eigenvalue weighted by atomic mass is 35.6. The van der Waals surface area contributed by atoms with E-state index in [1.165, 1.54) is 0 Å². The fraction of sp³-hybridized carbons (Fsp3) is 0.143. The van der Waals surface area contributed by atoms with Gasteiger partial charge in [-0.3, -0.25) is 10.3 Å². The summed E-state index contributed by atoms with van der Waals surface area (Å²) < 4.78 is 8.72. The summed E-state index contributed by atoms with van der Waals surface area (Å²) in [7, 11) is 0. The summed E-state index contributed by atoms with van der Waals surface area (Å²) in [6.45, 7) is -0.352. The minimum absolute atomic E-state index is 0.352. The molecule has 1 aromatic heterocycles. The van der Waals surface area contributed by atoms with Gasteiger partial charge in [0.1, 0.15) is 18.1 Å². The van der Waals surface area contributed by atoms with Crippen LogP contribution in [0.1, 0.15) is 0 Å². The molecule has 0 aliphatic carbocycles. The topological polar surface area (TPSA) is 60.5 Å². The van der Waals surface area contributed by atoms with Gasteiger partial charge in [-0.25, -0.2) is 4.79 Å². The molecule has 0 unspecified atom stereocenters. The number of hydrogen-bond donors (Lipinski definition) is 1. The van der Waals surface area contributed by atoms with Crippen LogP contribution in [0.3, 0.4) is 0 Å². The Morgan fingerprint density at radius 3 is 2.64 bits per heavy atom. The predicted octanol–water partition coefficient (Wildman–Crippen LogP) is 4.79. The SMILES string of the molecule is O=C(Nc1cccc(Oc2cccnc2)c1)OCC(Cl)(Cl)Cl. The zero-order valence-corrected chi connectivity index (χ0v) is 13.4. The summed E-state index contributed by atoms with van der Waals surface area (Å²) in [5, 5.41) is 2.51. The number of amides is 1. The molecule has 0 aliphatic rings. The first-order valence-electron chi connectivity index (χ1n) is 6.11. The molecule has 1 amide bonds. The van der Waals surface area contributed by atoms with E-state index in [4.69, 9.17) is 44.3 Å². The molecule has 2 aromatic rings. The van der Waals surface area contributed by atoms with E-state index in [1.54, 1.807) is 48.8 Å². The normalized spacial score (nSPS) is 10.9. The molecular weight excluding hydrogens is 351 g/mol. The number of alkyl halides is 3. The third-order valence-corrected chi connectivity index (χ3v) is 2.64. The van der Waals surface area contributed by atoms with Gasteiger partial charge >= 0.3 is 6.09 Å². The van der Waals surface area contributed by atoms with Gasteiger partial charge in [0.2, 0.25) is 3.79 Å². The first-order valence-corrected chi connectivity index (χ1v) is 7.24. The monoisotopic (exact) mass is 360 g/mol. The van der Waals surface area contributed by atoms with Crippen molar-refractivity contribution in [2.75, 3.05) is 11.9 Å². The van der Waals surface area contributed by atoms with Crippen molar-refractivity contribution in [1.82, 2.24) is 4.98 Å². The summed E-state index contributed by atoms with van der Waals surface area (Å²) in [5.41, 5.74) is 0.482. The Balaban J connectivity index is 1.95. The Labute approximate surface area is 142 Å². The number of carbonyl (C=O) groups is 1. The summed E-state index contributed by atoms with van der Waals surface area (Å²) >= 11 is 16.5. The summed E-state index contributed by atoms with van der Waals surface area (Å²) in [4.78, 5) is 15.5. The van der Waals surface area contributed by atoms with Crippen molar-refractivity contribution < 1.29 is 14.3 Å². The first kappa shape index (κ1) is 16.7. The van der Waals surface area contributed by atoms with Crippen LogP contribution in [-0.2, 0) is 4.74 Å². The Kier molecular flexibility index (Phi) is 5.71. The number of anilines is 1. The average molecular weight is 362 g/mol. The van der Waals surface area contributed by atoms with Gasteiger partial charge in [0, 0.05) is 18.0 Å². The number of rotatable bonds is 4. The van der Waals surface area contributed by atoms with Gasteiger partial charge in [0.15, 0.2) is 0 Å². The molecule has 22 heavy (non-hydrogen) atoms. The molecule has 1 N–H and O–H groups in total. The van der Waals surface area contributed by atoms with Crippen LogP contribution in [0, 0.1) is 0 Å². The second kappa shape index (κ2) is 7.54. The maximum absolute atomic E-state index is 11.6. The third-order valence-electron chi connectivity index (χ3n) is 2.32. The van der Waals surface area contributed by atoms with E-state index < -0.39 is 9.89 Å². The molecule has 0 fully saturated rings. The highest BCUT2D eigenvalue weighted by Crippen LogP contribution is 2.26. The Bertz CT molecular complexity index is 633. The van der Waals surface area contributed by atoms with Crippen molar-refractivity contribution in [3.8, 4) is 11.5 Å². The Morgan fingerprint density at radius 1 is 1.18 bits per heavy atom. The van der Waals surface area contributed by atoms with Crippen molar-refractivity contribution in [2.24, 2.45) is 0 Å². The van der Waals surface area contributed by atoms with Gasteiger partial charge in [0.05, 0.1) is 6.20 Å². The number of halogens is 3. The quantitative estimate of drug-likeness (QED) is 0.795. The molecule has 0 bridgehead atoms. The Hall–Kier alpha value is -1.69. The number of aromatic nitrogens is 1. The molecule has 0 spiro atoms. The van der Waals surface area contributed by atoms with Crippen molar-refractivity contribution in [2.45, 2.75) is 3.79 Å². The van der Waals surface area contributed by atoms with E-state index in [9.17, 15) is 4.79 Å². The lowest BCUT2D eigenvalue weighted by molar-refractivity contribution is 0.164. The summed E-state index contributed by atoms with van der Waals surface area (Å²) in [6.07, 6.45) is 2.49. The first-order chi connectivity index (χ1) is 10.4. The molecule has 0 saturated heterocycles. The van der Waals surface area contributed by atoms with Crippen LogP contribution in [0.4, 0.5) is 10.5 Å². The summed E-state index contributed by atoms with van der Waals surface area (Å²) in [6, 6.07) is 10.3. The second-order valence-corrected chi connectivity index (χ2v) is 6.65. The van der Waals surface area contributed by atoms with E-state index in [0.717, 1.165) is 0 Å².